The minimum atomic E-state index is -2.60. The molecule has 0 fully saturated rings. The Balaban J connectivity index is 0.00000760. The van der Waals surface area contributed by atoms with E-state index in [1.165, 1.54) is 6.20 Å². The van der Waals surface area contributed by atoms with Crippen molar-refractivity contribution in [1.29, 1.82) is 0 Å². The van der Waals surface area contributed by atoms with Gasteiger partial charge in [-0.3, -0.25) is 0 Å². The number of pyridine rings is 3. The summed E-state index contributed by atoms with van der Waals surface area (Å²) in [5.74, 6) is -0.804. The number of benzene rings is 5. The van der Waals surface area contributed by atoms with Crippen LogP contribution in [0.25, 0.3) is 44.9 Å². The first-order valence-electron chi connectivity index (χ1n) is 25.7. The molecule has 8 rings (SSSR count). The zero-order valence-corrected chi connectivity index (χ0v) is 43.0. The van der Waals surface area contributed by atoms with Gasteiger partial charge in [0.2, 0.25) is 0 Å². The van der Waals surface area contributed by atoms with E-state index in [4.69, 9.17) is 16.3 Å². The fourth-order valence-electron chi connectivity index (χ4n) is 9.19. The van der Waals surface area contributed by atoms with Crippen LogP contribution in [0.3, 0.4) is 0 Å². The molecule has 0 bridgehead atoms. The average Bonchev–Trinajstić information content (AvgIpc) is 3.37. The van der Waals surface area contributed by atoms with Crippen LogP contribution in [-0.4, -0.2) is 15.0 Å². The Labute approximate surface area is 422 Å². The quantitative estimate of drug-likeness (QED) is 0.0961. The molecule has 0 radical (unpaired) electrons. The van der Waals surface area contributed by atoms with Crippen molar-refractivity contribution >= 4 is 0 Å². The van der Waals surface area contributed by atoms with Gasteiger partial charge in [0.05, 0.1) is 0 Å². The van der Waals surface area contributed by atoms with E-state index in [2.05, 4.69) is 65.0 Å². The molecule has 3 nitrogen and oxygen atoms in total. The maximum Gasteiger partial charge on any atom is 3.00 e. The molecule has 0 amide bonds. The second kappa shape index (κ2) is 21.0. The van der Waals surface area contributed by atoms with Crippen molar-refractivity contribution in [2.24, 2.45) is 0 Å². The van der Waals surface area contributed by atoms with Crippen LogP contribution in [-0.2, 0) is 56.5 Å². The Bertz CT molecular complexity index is 3050. The van der Waals surface area contributed by atoms with Gasteiger partial charge < -0.3 is 15.0 Å². The summed E-state index contributed by atoms with van der Waals surface area (Å²) in [7, 11) is 0. The molecule has 5 aromatic carbocycles. The predicted octanol–water partition coefficient (Wildman–Crippen LogP) is 15.5. The first-order valence-corrected chi connectivity index (χ1v) is 23.2. The molecule has 0 saturated carbocycles. The van der Waals surface area contributed by atoms with E-state index in [1.54, 1.807) is 0 Å². The number of rotatable bonds is 15. The topological polar surface area (TPSA) is 38.7 Å². The number of hydrogen-bond donors (Lipinski definition) is 0. The van der Waals surface area contributed by atoms with E-state index >= 15 is 0 Å². The van der Waals surface area contributed by atoms with Crippen LogP contribution in [0.2, 0.25) is 0 Å². The van der Waals surface area contributed by atoms with E-state index < -0.39 is 29.5 Å². The molecule has 1 atom stereocenters. The third kappa shape index (κ3) is 10.8. The third-order valence-electron chi connectivity index (χ3n) is 13.6. The van der Waals surface area contributed by atoms with E-state index in [-0.39, 0.29) is 25.7 Å². The maximum atomic E-state index is 10.3. The molecule has 0 spiro atoms. The summed E-state index contributed by atoms with van der Waals surface area (Å²) in [5, 5.41) is 0. The van der Waals surface area contributed by atoms with Crippen molar-refractivity contribution in [1.82, 2.24) is 15.0 Å². The number of aromatic nitrogens is 3. The molecular weight excluding hydrogens is 991 g/mol. The molecule has 0 aliphatic rings. The normalized spacial score (nSPS) is 14.1. The molecule has 8 aromatic rings. The van der Waals surface area contributed by atoms with Crippen LogP contribution in [0.4, 0.5) is 0 Å². The minimum Gasteiger partial charge on any atom is -0.304 e. The SMILES string of the molecule is [2H]C(C)(CC)c1ccc(-c2cc(-c3[c-]cccc3)ncc2C([2H])([2H])C([2H])([2H])c2c(C)c(CC(C)(C)c3ccc(-c4[c-]cccc4)nc3)c(C)c(CC(C)(C)c3ccc(-c4[c-]cccc4)nc3)c2C)c(C)c1.[Ir+3]. The first-order chi connectivity index (χ1) is 33.6. The molecule has 3 heterocycles. The zero-order valence-electron chi connectivity index (χ0n) is 45.6. The van der Waals surface area contributed by atoms with Crippen LogP contribution in [0.15, 0.2) is 140 Å². The molecule has 1 unspecified atom stereocenters. The fourth-order valence-corrected chi connectivity index (χ4v) is 9.19. The summed E-state index contributed by atoms with van der Waals surface area (Å²) < 4.78 is 50.1. The summed E-state index contributed by atoms with van der Waals surface area (Å²) in [6, 6.07) is 49.2. The monoisotopic (exact) mass is 1060 g/mol. The Morgan fingerprint density at radius 3 is 1.46 bits per heavy atom. The van der Waals surface area contributed by atoms with E-state index in [0.29, 0.717) is 36.1 Å². The molecule has 0 aliphatic heterocycles. The largest absolute Gasteiger partial charge is 3.00 e. The minimum absolute atomic E-state index is 0. The van der Waals surface area contributed by atoms with E-state index in [9.17, 15) is 5.48 Å². The molecule has 4 heteroatoms. The van der Waals surface area contributed by atoms with Crippen molar-refractivity contribution in [2.75, 3.05) is 0 Å². The van der Waals surface area contributed by atoms with Crippen molar-refractivity contribution in [3.05, 3.63) is 219 Å². The molecular formula is C63H64IrN3. The van der Waals surface area contributed by atoms with Gasteiger partial charge in [-0.15, -0.1) is 108 Å². The number of nitrogens with zero attached hydrogens (tertiary/aromatic N) is 3. The van der Waals surface area contributed by atoms with Crippen molar-refractivity contribution in [2.45, 2.75) is 118 Å². The Hall–Kier alpha value is -5.80. The first kappa shape index (κ1) is 42.5. The fraction of sp³-hybridized carbons (Fsp3) is 0.286. The summed E-state index contributed by atoms with van der Waals surface area (Å²) in [5.41, 5.74) is 14.1. The standard InChI is InChI=1S/C63H64N3.Ir/c1-11-42(2)50-27-31-54(43(3)35-50)56-36-61(49-25-19-14-20-26-49)64-39-51(56)28-32-55-44(4)57(37-62(7,8)52-29-33-59(65-40-52)47-21-15-12-16-22-47)46(6)58(45(55)5)38-63(9,10)53-30-34-60(66-41-53)48-23-17-13-18-24-48;/h12-21,23,25,27,29-31,33-36,39-42H,11,28,32,37-38H2,1-10H3;/q-3;+3/i28D2,32D2,42D;. The second-order valence-electron chi connectivity index (χ2n) is 19.1. The maximum absolute atomic E-state index is 10.3. The molecule has 67 heavy (non-hydrogen) atoms. The van der Waals surface area contributed by atoms with Gasteiger partial charge in [0, 0.05) is 25.4 Å². The Kier molecular flexibility index (Phi) is 13.3. The van der Waals surface area contributed by atoms with Crippen LogP contribution < -0.4 is 0 Å². The third-order valence-corrected chi connectivity index (χ3v) is 13.6. The van der Waals surface area contributed by atoms with Crippen molar-refractivity contribution in [3.63, 3.8) is 0 Å². The molecule has 3 aromatic heterocycles. The Morgan fingerprint density at radius 1 is 0.552 bits per heavy atom. The number of hydrogen-bond acceptors (Lipinski definition) is 3. The van der Waals surface area contributed by atoms with Gasteiger partial charge in [-0.1, -0.05) is 90.1 Å². The van der Waals surface area contributed by atoms with Gasteiger partial charge in [-0.05, 0) is 166 Å². The predicted molar refractivity (Wildman–Crippen MR) is 276 cm³/mol. The van der Waals surface area contributed by atoms with E-state index in [0.717, 1.165) is 83.7 Å². The molecule has 0 N–H and O–H groups in total. The number of aryl methyl sites for hydroxylation is 2. The van der Waals surface area contributed by atoms with Gasteiger partial charge >= 0.3 is 20.1 Å². The summed E-state index contributed by atoms with van der Waals surface area (Å²) in [4.78, 5) is 14.6. The summed E-state index contributed by atoms with van der Waals surface area (Å²) in [6.07, 6.45) is 1.98. The molecule has 340 valence electrons. The summed E-state index contributed by atoms with van der Waals surface area (Å²) >= 11 is 0. The van der Waals surface area contributed by atoms with E-state index in [1.807, 2.05) is 156 Å². The van der Waals surface area contributed by atoms with Gasteiger partial charge in [0.1, 0.15) is 0 Å². The van der Waals surface area contributed by atoms with Crippen LogP contribution >= 0.6 is 0 Å². The van der Waals surface area contributed by atoms with Gasteiger partial charge in [0.15, 0.2) is 0 Å². The van der Waals surface area contributed by atoms with Crippen LogP contribution in [0.5, 0.6) is 0 Å². The van der Waals surface area contributed by atoms with Crippen molar-refractivity contribution in [3.8, 4) is 44.9 Å². The summed E-state index contributed by atoms with van der Waals surface area (Å²) in [6.45, 7) is 20.8. The molecule has 0 aliphatic carbocycles. The molecule has 0 saturated heterocycles. The van der Waals surface area contributed by atoms with Gasteiger partial charge in [-0.2, -0.15) is 0 Å². The van der Waals surface area contributed by atoms with Crippen LogP contribution in [0, 0.1) is 45.9 Å². The Morgan fingerprint density at radius 2 is 1.03 bits per heavy atom. The zero-order chi connectivity index (χ0) is 51.1. The van der Waals surface area contributed by atoms with Crippen LogP contribution in [0.1, 0.15) is 122 Å². The van der Waals surface area contributed by atoms with Crippen molar-refractivity contribution < 1.29 is 27.0 Å². The van der Waals surface area contributed by atoms with Gasteiger partial charge in [-0.25, -0.2) is 0 Å². The van der Waals surface area contributed by atoms with Gasteiger partial charge in [0.25, 0.3) is 0 Å². The smallest absolute Gasteiger partial charge is 0.304 e. The average molecular weight is 1060 g/mol. The second-order valence-corrected chi connectivity index (χ2v) is 19.1.